The van der Waals surface area contributed by atoms with Crippen molar-refractivity contribution in [3.63, 3.8) is 0 Å². The molecular weight excluding hydrogens is 292 g/mol. The quantitative estimate of drug-likeness (QED) is 0.829. The van der Waals surface area contributed by atoms with Crippen LogP contribution in [-0.4, -0.2) is 42.5 Å². The van der Waals surface area contributed by atoms with Crippen molar-refractivity contribution in [1.29, 1.82) is 0 Å². The highest BCUT2D eigenvalue weighted by molar-refractivity contribution is 5.17. The van der Waals surface area contributed by atoms with E-state index < -0.39 is 0 Å². The lowest BCUT2D eigenvalue weighted by atomic mass is 9.90. The maximum atomic E-state index is 2.76. The van der Waals surface area contributed by atoms with E-state index in [2.05, 4.69) is 77.5 Å². The van der Waals surface area contributed by atoms with Crippen LogP contribution >= 0.6 is 0 Å². The summed E-state index contributed by atoms with van der Waals surface area (Å²) in [6.07, 6.45) is 2.48. The number of likely N-dealkylation sites (tertiary alicyclic amines) is 2. The molecule has 0 aliphatic carbocycles. The topological polar surface area (TPSA) is 6.48 Å². The van der Waals surface area contributed by atoms with E-state index in [1.165, 1.54) is 43.6 Å². The van der Waals surface area contributed by atoms with Gasteiger partial charge in [-0.05, 0) is 42.9 Å². The van der Waals surface area contributed by atoms with Crippen LogP contribution in [0.4, 0.5) is 0 Å². The van der Waals surface area contributed by atoms with E-state index >= 15 is 0 Å². The van der Waals surface area contributed by atoms with Crippen molar-refractivity contribution in [3.05, 3.63) is 71.8 Å². The first kappa shape index (κ1) is 15.9. The molecule has 4 rings (SSSR count). The molecule has 0 radical (unpaired) electrons. The van der Waals surface area contributed by atoms with Crippen molar-refractivity contribution in [2.45, 2.75) is 25.4 Å². The third kappa shape index (κ3) is 3.40. The van der Waals surface area contributed by atoms with Gasteiger partial charge in [-0.1, -0.05) is 60.7 Å². The zero-order chi connectivity index (χ0) is 16.4. The lowest BCUT2D eigenvalue weighted by Crippen LogP contribution is -2.36. The summed E-state index contributed by atoms with van der Waals surface area (Å²) in [6.45, 7) is 4.92. The monoisotopic (exact) mass is 320 g/mol. The smallest absolute Gasteiger partial charge is 0.0236 e. The van der Waals surface area contributed by atoms with Crippen molar-refractivity contribution in [2.24, 2.45) is 11.8 Å². The Morgan fingerprint density at radius 2 is 1.50 bits per heavy atom. The lowest BCUT2D eigenvalue weighted by Gasteiger charge is -2.29. The van der Waals surface area contributed by atoms with E-state index in [-0.39, 0.29) is 0 Å². The fourth-order valence-corrected chi connectivity index (χ4v) is 4.81. The van der Waals surface area contributed by atoms with E-state index in [1.54, 1.807) is 0 Å². The SMILES string of the molecule is CN1C[C@@H]2CN(Cc3ccccc3)[C@H](CCc3ccccc3)[C@@H]2C1. The highest BCUT2D eigenvalue weighted by Gasteiger charge is 2.45. The van der Waals surface area contributed by atoms with Gasteiger partial charge in [-0.15, -0.1) is 0 Å². The van der Waals surface area contributed by atoms with Crippen LogP contribution in [0.15, 0.2) is 60.7 Å². The number of rotatable bonds is 5. The molecular formula is C22H28N2. The van der Waals surface area contributed by atoms with Gasteiger partial charge in [-0.25, -0.2) is 0 Å². The predicted octanol–water partition coefficient (Wildman–Crippen LogP) is 3.68. The Morgan fingerprint density at radius 3 is 2.21 bits per heavy atom. The molecule has 0 unspecified atom stereocenters. The summed E-state index contributed by atoms with van der Waals surface area (Å²) >= 11 is 0. The van der Waals surface area contributed by atoms with Gasteiger partial charge in [0.25, 0.3) is 0 Å². The molecule has 2 fully saturated rings. The second kappa shape index (κ2) is 7.08. The normalized spacial score (nSPS) is 27.5. The Bertz CT molecular complexity index is 640. The Morgan fingerprint density at radius 1 is 0.833 bits per heavy atom. The molecule has 2 aromatic rings. The first-order valence-corrected chi connectivity index (χ1v) is 9.30. The molecule has 0 amide bonds. The maximum absolute atomic E-state index is 2.76. The van der Waals surface area contributed by atoms with Crippen molar-refractivity contribution < 1.29 is 0 Å². The number of fused-ring (bicyclic) bond motifs is 1. The average molecular weight is 320 g/mol. The fraction of sp³-hybridized carbons (Fsp3) is 0.455. The van der Waals surface area contributed by atoms with Crippen LogP contribution in [0.25, 0.3) is 0 Å². The summed E-state index contributed by atoms with van der Waals surface area (Å²) in [4.78, 5) is 5.30. The van der Waals surface area contributed by atoms with Crippen LogP contribution in [0, 0.1) is 11.8 Å². The molecule has 0 spiro atoms. The summed E-state index contributed by atoms with van der Waals surface area (Å²) in [6, 6.07) is 22.7. The summed E-state index contributed by atoms with van der Waals surface area (Å²) < 4.78 is 0. The van der Waals surface area contributed by atoms with Gasteiger partial charge < -0.3 is 4.90 Å². The predicted molar refractivity (Wildman–Crippen MR) is 99.9 cm³/mol. The van der Waals surface area contributed by atoms with Gasteiger partial charge >= 0.3 is 0 Å². The van der Waals surface area contributed by atoms with E-state index in [1.807, 2.05) is 0 Å². The maximum Gasteiger partial charge on any atom is 0.0236 e. The highest BCUT2D eigenvalue weighted by atomic mass is 15.2. The van der Waals surface area contributed by atoms with Crippen LogP contribution in [0.1, 0.15) is 17.5 Å². The minimum atomic E-state index is 0.723. The molecule has 2 heterocycles. The van der Waals surface area contributed by atoms with Crippen LogP contribution < -0.4 is 0 Å². The van der Waals surface area contributed by atoms with Gasteiger partial charge in [0, 0.05) is 32.2 Å². The number of hydrogen-bond acceptors (Lipinski definition) is 2. The second-order valence-electron chi connectivity index (χ2n) is 7.65. The van der Waals surface area contributed by atoms with Crippen molar-refractivity contribution in [2.75, 3.05) is 26.7 Å². The van der Waals surface area contributed by atoms with E-state index in [4.69, 9.17) is 0 Å². The molecule has 24 heavy (non-hydrogen) atoms. The summed E-state index contributed by atoms with van der Waals surface area (Å²) in [5, 5.41) is 0. The molecule has 0 bridgehead atoms. The molecule has 0 N–H and O–H groups in total. The summed E-state index contributed by atoms with van der Waals surface area (Å²) in [5.41, 5.74) is 2.93. The largest absolute Gasteiger partial charge is 0.306 e. The number of nitrogens with zero attached hydrogens (tertiary/aromatic N) is 2. The Balaban J connectivity index is 1.47. The molecule has 0 aromatic heterocycles. The Hall–Kier alpha value is -1.64. The van der Waals surface area contributed by atoms with Crippen molar-refractivity contribution in [1.82, 2.24) is 9.80 Å². The van der Waals surface area contributed by atoms with Crippen molar-refractivity contribution >= 4 is 0 Å². The first-order valence-electron chi connectivity index (χ1n) is 9.30. The molecule has 0 saturated carbocycles. The van der Waals surface area contributed by atoms with Crippen LogP contribution in [-0.2, 0) is 13.0 Å². The highest BCUT2D eigenvalue weighted by Crippen LogP contribution is 2.38. The molecule has 2 heteroatoms. The zero-order valence-electron chi connectivity index (χ0n) is 14.6. The Labute approximate surface area is 146 Å². The third-order valence-electron chi connectivity index (χ3n) is 5.91. The average Bonchev–Trinajstić information content (AvgIpc) is 3.11. The fourth-order valence-electron chi connectivity index (χ4n) is 4.81. The summed E-state index contributed by atoms with van der Waals surface area (Å²) in [5.74, 6) is 1.71. The molecule has 3 atom stereocenters. The number of hydrogen-bond donors (Lipinski definition) is 0. The standard InChI is InChI=1S/C22H28N2/c1-23-15-20-16-24(14-19-10-6-3-7-11-19)22(21(20)17-23)13-12-18-8-4-2-5-9-18/h2-11,20-22H,12-17H2,1H3/t20-,21-,22-/m1/s1. The van der Waals surface area contributed by atoms with Gasteiger partial charge in [-0.2, -0.15) is 0 Å². The summed E-state index contributed by atoms with van der Waals surface area (Å²) in [7, 11) is 2.29. The van der Waals surface area contributed by atoms with Gasteiger partial charge in [-0.3, -0.25) is 4.90 Å². The lowest BCUT2D eigenvalue weighted by molar-refractivity contribution is 0.188. The number of benzene rings is 2. The van der Waals surface area contributed by atoms with Crippen LogP contribution in [0.2, 0.25) is 0 Å². The Kier molecular flexibility index (Phi) is 4.68. The van der Waals surface area contributed by atoms with Gasteiger partial charge in [0.2, 0.25) is 0 Å². The minimum Gasteiger partial charge on any atom is -0.306 e. The molecule has 2 saturated heterocycles. The molecule has 2 aliphatic rings. The third-order valence-corrected chi connectivity index (χ3v) is 5.91. The van der Waals surface area contributed by atoms with E-state index in [0.29, 0.717) is 0 Å². The molecule has 2 aromatic carbocycles. The molecule has 126 valence electrons. The number of aryl methyl sites for hydroxylation is 1. The van der Waals surface area contributed by atoms with E-state index in [9.17, 15) is 0 Å². The van der Waals surface area contributed by atoms with Crippen LogP contribution in [0.5, 0.6) is 0 Å². The van der Waals surface area contributed by atoms with Gasteiger partial charge in [0.05, 0.1) is 0 Å². The molecule has 2 aliphatic heterocycles. The molecule has 2 nitrogen and oxygen atoms in total. The minimum absolute atomic E-state index is 0.723. The van der Waals surface area contributed by atoms with Crippen LogP contribution in [0.3, 0.4) is 0 Å². The first-order chi connectivity index (χ1) is 11.8. The van der Waals surface area contributed by atoms with E-state index in [0.717, 1.165) is 24.4 Å². The van der Waals surface area contributed by atoms with Crippen molar-refractivity contribution in [3.8, 4) is 0 Å². The second-order valence-corrected chi connectivity index (χ2v) is 7.65. The van der Waals surface area contributed by atoms with Gasteiger partial charge in [0.15, 0.2) is 0 Å². The zero-order valence-corrected chi connectivity index (χ0v) is 14.6. The van der Waals surface area contributed by atoms with Gasteiger partial charge in [0.1, 0.15) is 0 Å².